The second kappa shape index (κ2) is 6.90. The van der Waals surface area contributed by atoms with Crippen molar-refractivity contribution in [3.63, 3.8) is 0 Å². The topological polar surface area (TPSA) is 26.3 Å². The molecule has 0 amide bonds. The maximum absolute atomic E-state index is 11.9. The number of benzene rings is 3. The van der Waals surface area contributed by atoms with Gasteiger partial charge in [0, 0.05) is 6.42 Å². The van der Waals surface area contributed by atoms with Gasteiger partial charge < -0.3 is 4.74 Å². The van der Waals surface area contributed by atoms with Gasteiger partial charge in [-0.25, -0.2) is 0 Å². The smallest absolute Gasteiger partial charge is 0.306 e. The van der Waals surface area contributed by atoms with E-state index in [0.29, 0.717) is 13.0 Å². The van der Waals surface area contributed by atoms with E-state index >= 15 is 0 Å². The van der Waals surface area contributed by atoms with E-state index in [1.165, 1.54) is 5.39 Å². The second-order valence-corrected chi connectivity index (χ2v) is 5.28. The van der Waals surface area contributed by atoms with E-state index in [-0.39, 0.29) is 5.97 Å². The Hall–Kier alpha value is -2.61. The maximum atomic E-state index is 11.9. The average Bonchev–Trinajstić information content (AvgIpc) is 2.59. The van der Waals surface area contributed by atoms with Crippen LogP contribution in [0.5, 0.6) is 0 Å². The highest BCUT2D eigenvalue weighted by Crippen LogP contribution is 2.19. The van der Waals surface area contributed by atoms with Gasteiger partial charge in [0.05, 0.1) is 0 Å². The fraction of sp³-hybridized carbons (Fsp3) is 0.150. The number of hydrogen-bond acceptors (Lipinski definition) is 2. The zero-order valence-corrected chi connectivity index (χ0v) is 12.4. The summed E-state index contributed by atoms with van der Waals surface area (Å²) in [5, 5.41) is 2.31. The van der Waals surface area contributed by atoms with Crippen LogP contribution in [0.15, 0.2) is 72.8 Å². The summed E-state index contributed by atoms with van der Waals surface area (Å²) in [6.45, 7) is 0.328. The van der Waals surface area contributed by atoms with Gasteiger partial charge in [-0.2, -0.15) is 0 Å². The summed E-state index contributed by atoms with van der Waals surface area (Å²) >= 11 is 0. The van der Waals surface area contributed by atoms with Crippen LogP contribution in [0.4, 0.5) is 0 Å². The standard InChI is InChI=1S/C20H18O2/c21-20(14-13-16-7-2-1-3-8-16)22-15-18-11-6-10-17-9-4-5-12-19(17)18/h1-12H,13-15H2. The first kappa shape index (κ1) is 14.3. The van der Waals surface area contributed by atoms with Gasteiger partial charge in [0.2, 0.25) is 0 Å². The van der Waals surface area contributed by atoms with Crippen LogP contribution in [-0.2, 0) is 22.6 Å². The van der Waals surface area contributed by atoms with Gasteiger partial charge in [-0.3, -0.25) is 4.79 Å². The molecular formula is C20H18O2. The van der Waals surface area contributed by atoms with Gasteiger partial charge in [0.25, 0.3) is 0 Å². The minimum absolute atomic E-state index is 0.156. The van der Waals surface area contributed by atoms with Crippen molar-refractivity contribution in [2.45, 2.75) is 19.4 Å². The Morgan fingerprint density at radius 2 is 1.55 bits per heavy atom. The van der Waals surface area contributed by atoms with Crippen LogP contribution in [-0.4, -0.2) is 5.97 Å². The number of ether oxygens (including phenoxy) is 1. The molecule has 0 aromatic heterocycles. The van der Waals surface area contributed by atoms with Crippen molar-refractivity contribution in [2.75, 3.05) is 0 Å². The molecule has 0 aliphatic rings. The molecule has 0 bridgehead atoms. The van der Waals surface area contributed by atoms with Gasteiger partial charge in [-0.05, 0) is 28.3 Å². The third-order valence-corrected chi connectivity index (χ3v) is 3.73. The first-order chi connectivity index (χ1) is 10.8. The number of carbonyl (C=O) groups excluding carboxylic acids is 1. The van der Waals surface area contributed by atoms with Crippen molar-refractivity contribution in [3.8, 4) is 0 Å². The largest absolute Gasteiger partial charge is 0.461 e. The molecule has 0 saturated heterocycles. The van der Waals surface area contributed by atoms with Crippen LogP contribution in [0.25, 0.3) is 10.8 Å². The molecule has 0 spiro atoms. The Morgan fingerprint density at radius 3 is 2.41 bits per heavy atom. The highest BCUT2D eigenvalue weighted by molar-refractivity contribution is 5.85. The number of hydrogen-bond donors (Lipinski definition) is 0. The number of esters is 1. The number of aryl methyl sites for hydroxylation is 1. The van der Waals surface area contributed by atoms with Crippen molar-refractivity contribution < 1.29 is 9.53 Å². The number of carbonyl (C=O) groups is 1. The lowest BCUT2D eigenvalue weighted by molar-refractivity contribution is -0.144. The molecule has 0 N–H and O–H groups in total. The van der Waals surface area contributed by atoms with Crippen LogP contribution < -0.4 is 0 Å². The van der Waals surface area contributed by atoms with E-state index in [2.05, 4.69) is 18.2 Å². The fourth-order valence-corrected chi connectivity index (χ4v) is 2.54. The zero-order chi connectivity index (χ0) is 15.2. The van der Waals surface area contributed by atoms with E-state index in [4.69, 9.17) is 4.74 Å². The molecule has 2 heteroatoms. The van der Waals surface area contributed by atoms with Gasteiger partial charge in [0.1, 0.15) is 6.61 Å². The van der Waals surface area contributed by atoms with Crippen molar-refractivity contribution in [2.24, 2.45) is 0 Å². The molecule has 0 aliphatic heterocycles. The maximum Gasteiger partial charge on any atom is 0.306 e. The Morgan fingerprint density at radius 1 is 0.818 bits per heavy atom. The van der Waals surface area contributed by atoms with Crippen LogP contribution in [0.2, 0.25) is 0 Å². The zero-order valence-electron chi connectivity index (χ0n) is 12.4. The summed E-state index contributed by atoms with van der Waals surface area (Å²) in [5.74, 6) is -0.156. The van der Waals surface area contributed by atoms with Crippen LogP contribution in [0.3, 0.4) is 0 Å². The quantitative estimate of drug-likeness (QED) is 0.646. The molecule has 3 aromatic carbocycles. The summed E-state index contributed by atoms with van der Waals surface area (Å²) in [4.78, 5) is 11.9. The molecule has 0 fully saturated rings. The third-order valence-electron chi connectivity index (χ3n) is 3.73. The van der Waals surface area contributed by atoms with Crippen molar-refractivity contribution in [1.29, 1.82) is 0 Å². The highest BCUT2D eigenvalue weighted by Gasteiger charge is 2.06. The molecule has 3 rings (SSSR count). The lowest BCUT2D eigenvalue weighted by atomic mass is 10.1. The second-order valence-electron chi connectivity index (χ2n) is 5.28. The minimum Gasteiger partial charge on any atom is -0.461 e. The molecule has 0 radical (unpaired) electrons. The summed E-state index contributed by atoms with van der Waals surface area (Å²) < 4.78 is 5.42. The Kier molecular flexibility index (Phi) is 4.50. The summed E-state index contributed by atoms with van der Waals surface area (Å²) in [5.41, 5.74) is 2.20. The van der Waals surface area contributed by atoms with E-state index in [9.17, 15) is 4.79 Å². The molecule has 22 heavy (non-hydrogen) atoms. The lowest BCUT2D eigenvalue weighted by Gasteiger charge is -2.08. The molecular weight excluding hydrogens is 272 g/mol. The Balaban J connectivity index is 1.58. The first-order valence-corrected chi connectivity index (χ1v) is 7.49. The summed E-state index contributed by atoms with van der Waals surface area (Å²) in [7, 11) is 0. The molecule has 3 aromatic rings. The van der Waals surface area contributed by atoms with Gasteiger partial charge in [0.15, 0.2) is 0 Å². The molecule has 0 saturated carbocycles. The molecule has 0 heterocycles. The minimum atomic E-state index is -0.156. The van der Waals surface area contributed by atoms with Crippen LogP contribution in [0, 0.1) is 0 Å². The normalized spacial score (nSPS) is 10.5. The number of fused-ring (bicyclic) bond motifs is 1. The summed E-state index contributed by atoms with van der Waals surface area (Å²) in [6, 6.07) is 24.2. The van der Waals surface area contributed by atoms with Crippen molar-refractivity contribution in [3.05, 3.63) is 83.9 Å². The first-order valence-electron chi connectivity index (χ1n) is 7.49. The van der Waals surface area contributed by atoms with E-state index < -0.39 is 0 Å². The predicted molar refractivity (Wildman–Crippen MR) is 88.5 cm³/mol. The van der Waals surface area contributed by atoms with E-state index in [0.717, 1.165) is 22.9 Å². The monoisotopic (exact) mass is 290 g/mol. The average molecular weight is 290 g/mol. The van der Waals surface area contributed by atoms with Crippen LogP contribution in [0.1, 0.15) is 17.5 Å². The third kappa shape index (κ3) is 3.53. The molecule has 0 atom stereocenters. The lowest BCUT2D eigenvalue weighted by Crippen LogP contribution is -2.06. The fourth-order valence-electron chi connectivity index (χ4n) is 2.54. The molecule has 2 nitrogen and oxygen atoms in total. The molecule has 110 valence electrons. The Labute approximate surface area is 130 Å². The van der Waals surface area contributed by atoms with Crippen molar-refractivity contribution in [1.82, 2.24) is 0 Å². The van der Waals surface area contributed by atoms with Gasteiger partial charge in [-0.1, -0.05) is 72.8 Å². The van der Waals surface area contributed by atoms with Gasteiger partial charge in [-0.15, -0.1) is 0 Å². The molecule has 0 aliphatic carbocycles. The summed E-state index contributed by atoms with van der Waals surface area (Å²) in [6.07, 6.45) is 1.13. The van der Waals surface area contributed by atoms with E-state index in [1.54, 1.807) is 0 Å². The van der Waals surface area contributed by atoms with E-state index in [1.807, 2.05) is 54.6 Å². The number of rotatable bonds is 5. The van der Waals surface area contributed by atoms with Gasteiger partial charge >= 0.3 is 5.97 Å². The molecule has 0 unspecified atom stereocenters. The van der Waals surface area contributed by atoms with Crippen LogP contribution >= 0.6 is 0 Å². The predicted octanol–water partition coefficient (Wildman–Crippen LogP) is 4.52. The van der Waals surface area contributed by atoms with Crippen molar-refractivity contribution >= 4 is 16.7 Å². The highest BCUT2D eigenvalue weighted by atomic mass is 16.5. The SMILES string of the molecule is O=C(CCc1ccccc1)OCc1cccc2ccccc12. The Bertz CT molecular complexity index is 758.